The Bertz CT molecular complexity index is 909. The summed E-state index contributed by atoms with van der Waals surface area (Å²) in [4.78, 5) is 4.38. The second kappa shape index (κ2) is 7.12. The Labute approximate surface area is 141 Å². The van der Waals surface area contributed by atoms with Crippen molar-refractivity contribution in [2.45, 2.75) is 19.4 Å². The predicted molar refractivity (Wildman–Crippen MR) is 97.5 cm³/mol. The summed E-state index contributed by atoms with van der Waals surface area (Å²) in [5, 5.41) is 13.4. The number of nitrogens with one attached hydrogen (secondary N) is 1. The number of nitrogens with zero attached hydrogens (tertiary/aromatic N) is 2. The molecule has 24 heavy (non-hydrogen) atoms. The van der Waals surface area contributed by atoms with E-state index in [1.165, 1.54) is 11.1 Å². The SMILES string of the molecule is CNCc1cc(C#N)cc(CCc2ccc3ccc(N)nc3c2)c1. The van der Waals surface area contributed by atoms with E-state index in [1.807, 2.05) is 31.3 Å². The highest BCUT2D eigenvalue weighted by atomic mass is 14.8. The zero-order valence-electron chi connectivity index (χ0n) is 13.7. The first kappa shape index (κ1) is 16.0. The van der Waals surface area contributed by atoms with Crippen LogP contribution in [0.25, 0.3) is 10.9 Å². The second-order valence-corrected chi connectivity index (χ2v) is 5.94. The van der Waals surface area contributed by atoms with Gasteiger partial charge in [0, 0.05) is 11.9 Å². The first-order valence-electron chi connectivity index (χ1n) is 8.00. The fourth-order valence-electron chi connectivity index (χ4n) is 2.90. The van der Waals surface area contributed by atoms with Crippen molar-refractivity contribution in [2.75, 3.05) is 12.8 Å². The van der Waals surface area contributed by atoms with E-state index >= 15 is 0 Å². The molecule has 0 saturated carbocycles. The lowest BCUT2D eigenvalue weighted by molar-refractivity contribution is 0.814. The monoisotopic (exact) mass is 316 g/mol. The molecule has 1 heterocycles. The van der Waals surface area contributed by atoms with Gasteiger partial charge in [-0.25, -0.2) is 4.98 Å². The number of nitrogen functional groups attached to an aromatic ring is 1. The van der Waals surface area contributed by atoms with E-state index in [-0.39, 0.29) is 0 Å². The van der Waals surface area contributed by atoms with Crippen molar-refractivity contribution in [1.82, 2.24) is 10.3 Å². The van der Waals surface area contributed by atoms with Gasteiger partial charge < -0.3 is 11.1 Å². The van der Waals surface area contributed by atoms with Gasteiger partial charge in [0.25, 0.3) is 0 Å². The third-order valence-electron chi connectivity index (χ3n) is 4.04. The maximum absolute atomic E-state index is 9.19. The molecule has 0 amide bonds. The lowest BCUT2D eigenvalue weighted by Crippen LogP contribution is -2.06. The van der Waals surface area contributed by atoms with Gasteiger partial charge in [-0.3, -0.25) is 0 Å². The molecule has 0 radical (unpaired) electrons. The summed E-state index contributed by atoms with van der Waals surface area (Å²) in [6.07, 6.45) is 1.79. The fraction of sp³-hybridized carbons (Fsp3) is 0.200. The summed E-state index contributed by atoms with van der Waals surface area (Å²) in [7, 11) is 1.91. The van der Waals surface area contributed by atoms with Gasteiger partial charge >= 0.3 is 0 Å². The summed E-state index contributed by atoms with van der Waals surface area (Å²) >= 11 is 0. The average molecular weight is 316 g/mol. The standard InChI is InChI=1S/C20H20N4/c1-23-13-17-9-15(8-16(10-17)12-21)3-2-14-4-5-18-6-7-20(22)24-19(18)11-14/h4-11,23H,2-3,13H2,1H3,(H2,22,24). The molecule has 0 spiro atoms. The van der Waals surface area contributed by atoms with Gasteiger partial charge in [0.2, 0.25) is 0 Å². The molecular weight excluding hydrogens is 296 g/mol. The summed E-state index contributed by atoms with van der Waals surface area (Å²) < 4.78 is 0. The van der Waals surface area contributed by atoms with Crippen LogP contribution in [0.3, 0.4) is 0 Å². The molecule has 3 N–H and O–H groups in total. The number of hydrogen-bond acceptors (Lipinski definition) is 4. The molecule has 1 aromatic heterocycles. The number of nitriles is 1. The van der Waals surface area contributed by atoms with Crippen LogP contribution in [0, 0.1) is 11.3 Å². The molecule has 0 fully saturated rings. The first-order valence-corrected chi connectivity index (χ1v) is 8.00. The van der Waals surface area contributed by atoms with Crippen LogP contribution in [0.1, 0.15) is 22.3 Å². The Kier molecular flexibility index (Phi) is 4.74. The molecule has 0 aliphatic rings. The number of hydrogen-bond donors (Lipinski definition) is 2. The Balaban J connectivity index is 1.80. The molecule has 2 aromatic carbocycles. The molecule has 4 nitrogen and oxygen atoms in total. The Morgan fingerprint density at radius 2 is 1.75 bits per heavy atom. The zero-order valence-corrected chi connectivity index (χ0v) is 13.7. The van der Waals surface area contributed by atoms with Crippen LogP contribution in [0.2, 0.25) is 0 Å². The summed E-state index contributed by atoms with van der Waals surface area (Å²) in [6, 6.07) is 18.4. The van der Waals surface area contributed by atoms with E-state index in [0.29, 0.717) is 11.4 Å². The number of nitrogens with two attached hydrogens (primary N) is 1. The molecule has 3 rings (SSSR count). The minimum Gasteiger partial charge on any atom is -0.384 e. The number of fused-ring (bicyclic) bond motifs is 1. The van der Waals surface area contributed by atoms with E-state index in [0.717, 1.165) is 35.9 Å². The van der Waals surface area contributed by atoms with E-state index in [2.05, 4.69) is 40.6 Å². The van der Waals surface area contributed by atoms with Crippen LogP contribution < -0.4 is 11.1 Å². The number of rotatable bonds is 5. The molecule has 0 bridgehead atoms. The Morgan fingerprint density at radius 3 is 2.54 bits per heavy atom. The summed E-state index contributed by atoms with van der Waals surface area (Å²) in [5.74, 6) is 0.540. The predicted octanol–water partition coefficient (Wildman–Crippen LogP) is 3.19. The van der Waals surface area contributed by atoms with E-state index in [4.69, 9.17) is 5.73 Å². The van der Waals surface area contributed by atoms with Gasteiger partial charge in [-0.1, -0.05) is 18.2 Å². The highest BCUT2D eigenvalue weighted by Crippen LogP contribution is 2.18. The molecule has 0 aliphatic carbocycles. The molecule has 4 heteroatoms. The van der Waals surface area contributed by atoms with Crippen LogP contribution in [0.4, 0.5) is 5.82 Å². The molecule has 3 aromatic rings. The minimum absolute atomic E-state index is 0.540. The molecule has 0 unspecified atom stereocenters. The summed E-state index contributed by atoms with van der Waals surface area (Å²) in [6.45, 7) is 0.766. The average Bonchev–Trinajstić information content (AvgIpc) is 2.59. The largest absolute Gasteiger partial charge is 0.384 e. The second-order valence-electron chi connectivity index (χ2n) is 5.94. The Hall–Kier alpha value is -2.90. The fourth-order valence-corrected chi connectivity index (χ4v) is 2.90. The third-order valence-corrected chi connectivity index (χ3v) is 4.04. The number of aryl methyl sites for hydroxylation is 2. The van der Waals surface area contributed by atoms with Gasteiger partial charge in [0.1, 0.15) is 5.82 Å². The van der Waals surface area contributed by atoms with Crippen LogP contribution in [0.5, 0.6) is 0 Å². The van der Waals surface area contributed by atoms with Crippen molar-refractivity contribution >= 4 is 16.7 Å². The number of aromatic nitrogens is 1. The molecular formula is C20H20N4. The molecule has 0 saturated heterocycles. The number of anilines is 1. The Morgan fingerprint density at radius 1 is 1.00 bits per heavy atom. The summed E-state index contributed by atoms with van der Waals surface area (Å²) in [5.41, 5.74) is 10.9. The van der Waals surface area contributed by atoms with E-state index in [9.17, 15) is 5.26 Å². The van der Waals surface area contributed by atoms with Crippen molar-refractivity contribution in [3.05, 3.63) is 70.8 Å². The van der Waals surface area contributed by atoms with Gasteiger partial charge in [-0.2, -0.15) is 5.26 Å². The molecule has 0 aliphatic heterocycles. The van der Waals surface area contributed by atoms with Crippen molar-refractivity contribution in [3.63, 3.8) is 0 Å². The smallest absolute Gasteiger partial charge is 0.124 e. The molecule has 0 atom stereocenters. The van der Waals surface area contributed by atoms with Crippen molar-refractivity contribution in [1.29, 1.82) is 5.26 Å². The van der Waals surface area contributed by atoms with Crippen LogP contribution in [-0.2, 0) is 19.4 Å². The highest BCUT2D eigenvalue weighted by molar-refractivity contribution is 5.80. The van der Waals surface area contributed by atoms with Crippen LogP contribution >= 0.6 is 0 Å². The third kappa shape index (κ3) is 3.70. The van der Waals surface area contributed by atoms with Crippen LogP contribution in [-0.4, -0.2) is 12.0 Å². The quantitative estimate of drug-likeness (QED) is 0.758. The van der Waals surface area contributed by atoms with Crippen LogP contribution in [0.15, 0.2) is 48.5 Å². The number of pyridine rings is 1. The van der Waals surface area contributed by atoms with E-state index < -0.39 is 0 Å². The van der Waals surface area contributed by atoms with Gasteiger partial charge in [0.15, 0.2) is 0 Å². The van der Waals surface area contributed by atoms with Crippen molar-refractivity contribution in [3.8, 4) is 6.07 Å². The lowest BCUT2D eigenvalue weighted by Gasteiger charge is -2.08. The lowest BCUT2D eigenvalue weighted by atomic mass is 9.99. The maximum Gasteiger partial charge on any atom is 0.124 e. The van der Waals surface area contributed by atoms with Gasteiger partial charge in [-0.15, -0.1) is 0 Å². The van der Waals surface area contributed by atoms with Crippen molar-refractivity contribution in [2.24, 2.45) is 0 Å². The maximum atomic E-state index is 9.19. The zero-order chi connectivity index (χ0) is 16.9. The number of benzene rings is 2. The normalized spacial score (nSPS) is 10.7. The molecule has 120 valence electrons. The minimum atomic E-state index is 0.540. The van der Waals surface area contributed by atoms with Crippen molar-refractivity contribution < 1.29 is 0 Å². The van der Waals surface area contributed by atoms with Gasteiger partial charge in [-0.05, 0) is 66.9 Å². The highest BCUT2D eigenvalue weighted by Gasteiger charge is 2.03. The topological polar surface area (TPSA) is 74.7 Å². The van der Waals surface area contributed by atoms with E-state index in [1.54, 1.807) is 0 Å². The van der Waals surface area contributed by atoms with Gasteiger partial charge in [0.05, 0.1) is 17.1 Å². The first-order chi connectivity index (χ1) is 11.7.